The fourth-order valence-corrected chi connectivity index (χ4v) is 5.83. The lowest BCUT2D eigenvalue weighted by Crippen LogP contribution is -2.45. The number of halogens is 6. The molecule has 3 rings (SSSR count). The van der Waals surface area contributed by atoms with E-state index < -0.39 is 59.5 Å². The van der Waals surface area contributed by atoms with E-state index >= 15 is 0 Å². The molecule has 2 bridgehead atoms. The molecule has 2 unspecified atom stereocenters. The highest BCUT2D eigenvalue weighted by molar-refractivity contribution is 7.81. The third-order valence-corrected chi connectivity index (χ3v) is 8.35. The van der Waals surface area contributed by atoms with Gasteiger partial charge in [-0.3, -0.25) is 0 Å². The van der Waals surface area contributed by atoms with Crippen LogP contribution in [0.4, 0.5) is 0 Å². The number of fused-ring (bicyclic) bond motifs is 5. The van der Waals surface area contributed by atoms with Crippen LogP contribution in [0.15, 0.2) is 10.1 Å². The van der Waals surface area contributed by atoms with E-state index in [1.165, 1.54) is 0 Å². The number of hydrogen-bond donors (Lipinski definition) is 0. The van der Waals surface area contributed by atoms with Gasteiger partial charge in [0.15, 0.2) is 4.33 Å². The molecule has 1 heterocycles. The quantitative estimate of drug-likeness (QED) is 0.557. The van der Waals surface area contributed by atoms with Crippen LogP contribution in [0, 0.1) is 11.8 Å². The van der Waals surface area contributed by atoms with Crippen molar-refractivity contribution in [2.24, 2.45) is 11.8 Å². The number of allylic oxidation sites excluding steroid dienone is 2. The SMILES string of the molecule is [2H]C1([2H])OS(=O)(=O)OC([2H])([2H])C2C1[C@]1(Cl)C(Cl)=C(Cl)[C@@]2(Cl)C1(Cl)Cl. The zero-order valence-corrected chi connectivity index (χ0v) is 14.3. The summed E-state index contributed by atoms with van der Waals surface area (Å²) in [5, 5.41) is -0.843. The summed E-state index contributed by atoms with van der Waals surface area (Å²) in [7, 11) is -5.08. The predicted molar refractivity (Wildman–Crippen MR) is 78.1 cm³/mol. The largest absolute Gasteiger partial charge is 0.399 e. The molecule has 3 aliphatic rings. The lowest BCUT2D eigenvalue weighted by atomic mass is 9.83. The van der Waals surface area contributed by atoms with Gasteiger partial charge in [-0.2, -0.15) is 8.42 Å². The van der Waals surface area contributed by atoms with Gasteiger partial charge in [-0.25, -0.2) is 8.37 Å². The molecule has 4 nitrogen and oxygen atoms in total. The number of hydrogen-bond acceptors (Lipinski definition) is 4. The van der Waals surface area contributed by atoms with Gasteiger partial charge in [-0.1, -0.05) is 46.4 Å². The van der Waals surface area contributed by atoms with Crippen LogP contribution in [0.1, 0.15) is 5.48 Å². The van der Waals surface area contributed by atoms with E-state index in [0.717, 1.165) is 0 Å². The highest BCUT2D eigenvalue weighted by atomic mass is 35.5. The molecule has 0 amide bonds. The highest BCUT2D eigenvalue weighted by Gasteiger charge is 2.82. The maximum atomic E-state index is 11.7. The molecule has 1 aliphatic heterocycles. The topological polar surface area (TPSA) is 52.6 Å². The fraction of sp³-hybridized carbons (Fsp3) is 0.778. The lowest BCUT2D eigenvalue weighted by molar-refractivity contribution is 0.207. The van der Waals surface area contributed by atoms with Crippen molar-refractivity contribution in [1.29, 1.82) is 0 Å². The molecule has 0 N–H and O–H groups in total. The first-order valence-corrected chi connectivity index (χ1v) is 8.55. The number of rotatable bonds is 0. The molecule has 0 radical (unpaired) electrons. The third kappa shape index (κ3) is 1.62. The molecule has 0 aromatic heterocycles. The van der Waals surface area contributed by atoms with Gasteiger partial charge in [0.25, 0.3) is 0 Å². The zero-order valence-electron chi connectivity index (χ0n) is 13.0. The monoisotopic (exact) mass is 424 g/mol. The molecule has 11 heteroatoms. The summed E-state index contributed by atoms with van der Waals surface area (Å²) < 4.78 is 61.7. The molecule has 0 aromatic carbocycles. The lowest BCUT2D eigenvalue weighted by Gasteiger charge is -2.33. The molecule has 0 aromatic rings. The minimum Gasteiger partial charge on any atom is -0.248 e. The van der Waals surface area contributed by atoms with E-state index in [1.54, 1.807) is 0 Å². The van der Waals surface area contributed by atoms with E-state index in [9.17, 15) is 8.42 Å². The van der Waals surface area contributed by atoms with Crippen LogP contribution >= 0.6 is 69.6 Å². The van der Waals surface area contributed by atoms with E-state index in [0.29, 0.717) is 0 Å². The van der Waals surface area contributed by atoms with Crippen molar-refractivity contribution in [3.05, 3.63) is 10.1 Å². The Labute approximate surface area is 151 Å². The van der Waals surface area contributed by atoms with Gasteiger partial charge < -0.3 is 0 Å². The van der Waals surface area contributed by atoms with Gasteiger partial charge in [-0.05, 0) is 0 Å². The second-order valence-corrected chi connectivity index (χ2v) is 8.82. The third-order valence-electron chi connectivity index (χ3n) is 3.49. The van der Waals surface area contributed by atoms with Crippen molar-refractivity contribution in [2.45, 2.75) is 14.1 Å². The molecule has 1 saturated carbocycles. The molecular weight excluding hydrogens is 417 g/mol. The Hall–Kier alpha value is 1.35. The van der Waals surface area contributed by atoms with Gasteiger partial charge in [0, 0.05) is 11.8 Å². The van der Waals surface area contributed by atoms with Gasteiger partial charge >= 0.3 is 10.4 Å². The Morgan fingerprint density at radius 1 is 1.00 bits per heavy atom. The van der Waals surface area contributed by atoms with Crippen molar-refractivity contribution >= 4 is 80.0 Å². The highest BCUT2D eigenvalue weighted by Crippen LogP contribution is 2.76. The molecule has 20 heavy (non-hydrogen) atoms. The van der Waals surface area contributed by atoms with Crippen molar-refractivity contribution in [3.63, 3.8) is 0 Å². The average Bonchev–Trinajstić information content (AvgIpc) is 2.52. The second-order valence-electron chi connectivity index (χ2n) is 4.39. The smallest absolute Gasteiger partial charge is 0.248 e. The Kier molecular flexibility index (Phi) is 2.63. The molecule has 2 aliphatic carbocycles. The predicted octanol–water partition coefficient (Wildman–Crippen LogP) is 3.36. The average molecular weight is 427 g/mol. The summed E-state index contributed by atoms with van der Waals surface area (Å²) in [5.74, 6) is -3.69. The summed E-state index contributed by atoms with van der Waals surface area (Å²) in [6.45, 7) is -6.20. The van der Waals surface area contributed by atoms with E-state index in [1.807, 2.05) is 0 Å². The molecular formula is C9H6Cl6O4S. The second kappa shape index (κ2) is 4.46. The van der Waals surface area contributed by atoms with E-state index in [2.05, 4.69) is 8.37 Å². The van der Waals surface area contributed by atoms with Crippen molar-refractivity contribution in [3.8, 4) is 0 Å². The van der Waals surface area contributed by atoms with Crippen LogP contribution in [0.2, 0.25) is 0 Å². The van der Waals surface area contributed by atoms with Crippen LogP contribution in [0.5, 0.6) is 0 Å². The minimum atomic E-state index is -5.08. The first-order valence-electron chi connectivity index (χ1n) is 6.95. The summed E-state index contributed by atoms with van der Waals surface area (Å²) in [5.41, 5.74) is 0. The molecule has 114 valence electrons. The Bertz CT molecular complexity index is 718. The molecule has 2 fully saturated rings. The normalized spacial score (nSPS) is 57.1. The van der Waals surface area contributed by atoms with Crippen molar-refractivity contribution in [1.82, 2.24) is 0 Å². The molecule has 0 spiro atoms. The Balaban J connectivity index is 2.41. The summed E-state index contributed by atoms with van der Waals surface area (Å²) in [4.78, 5) is -4.53. The first-order chi connectivity index (χ1) is 10.5. The molecule has 4 atom stereocenters. The zero-order chi connectivity index (χ0) is 18.7. The standard InChI is InChI=1S/C9H6Cl6O4S/c10-5-6(11)8(13)4-2-19-20(16,17)18-1-3(4)7(5,12)9(8,14)15/h3-4H,1-2H2/t3?,4?,7-,8+/i1D2,2D2. The van der Waals surface area contributed by atoms with E-state index in [-0.39, 0.29) is 0 Å². The Morgan fingerprint density at radius 3 is 1.70 bits per heavy atom. The van der Waals surface area contributed by atoms with Crippen molar-refractivity contribution in [2.75, 3.05) is 13.1 Å². The maximum Gasteiger partial charge on any atom is 0.399 e. The van der Waals surface area contributed by atoms with Crippen LogP contribution in [-0.2, 0) is 18.8 Å². The fourth-order valence-electron chi connectivity index (χ4n) is 2.52. The summed E-state index contributed by atoms with van der Waals surface area (Å²) >= 11 is 37.5. The van der Waals surface area contributed by atoms with Crippen LogP contribution < -0.4 is 0 Å². The Morgan fingerprint density at radius 2 is 1.35 bits per heavy atom. The van der Waals surface area contributed by atoms with Crippen LogP contribution in [0.3, 0.4) is 0 Å². The van der Waals surface area contributed by atoms with Crippen LogP contribution in [0.25, 0.3) is 0 Å². The van der Waals surface area contributed by atoms with E-state index in [4.69, 9.17) is 75.1 Å². The van der Waals surface area contributed by atoms with Gasteiger partial charge in [0.2, 0.25) is 0 Å². The minimum absolute atomic E-state index is 0.422. The molecule has 1 saturated heterocycles. The number of alkyl halides is 4. The van der Waals surface area contributed by atoms with Crippen molar-refractivity contribution < 1.29 is 22.3 Å². The summed E-state index contributed by atoms with van der Waals surface area (Å²) in [6.07, 6.45) is 0. The first kappa shape index (κ1) is 11.8. The summed E-state index contributed by atoms with van der Waals surface area (Å²) in [6, 6.07) is 0. The van der Waals surface area contributed by atoms with Gasteiger partial charge in [-0.15, -0.1) is 23.2 Å². The van der Waals surface area contributed by atoms with Gasteiger partial charge in [0.05, 0.1) is 28.7 Å². The van der Waals surface area contributed by atoms with Crippen LogP contribution in [-0.4, -0.2) is 35.6 Å². The maximum absolute atomic E-state index is 11.7. The van der Waals surface area contributed by atoms with Gasteiger partial charge in [0.1, 0.15) is 9.75 Å².